The maximum atomic E-state index is 12.4. The number of carbonyl (C=O) groups excluding carboxylic acids is 1. The third-order valence-electron chi connectivity index (χ3n) is 4.39. The molecule has 1 amide bonds. The van der Waals surface area contributed by atoms with Crippen LogP contribution in [0.25, 0.3) is 0 Å². The molecule has 0 spiro atoms. The summed E-state index contributed by atoms with van der Waals surface area (Å²) in [5.41, 5.74) is 3.31. The van der Waals surface area contributed by atoms with Crippen LogP contribution >= 0.6 is 0 Å². The van der Waals surface area contributed by atoms with Crippen molar-refractivity contribution in [3.63, 3.8) is 0 Å². The number of nitrogens with one attached hydrogen (secondary N) is 1. The minimum atomic E-state index is -3.31. The lowest BCUT2D eigenvalue weighted by Crippen LogP contribution is -2.34. The van der Waals surface area contributed by atoms with Gasteiger partial charge in [0.25, 0.3) is 5.91 Å². The average molecular weight is 358 g/mol. The Bertz CT molecular complexity index is 879. The van der Waals surface area contributed by atoms with Crippen molar-refractivity contribution in [2.45, 2.75) is 25.8 Å². The molecule has 1 aliphatic rings. The van der Waals surface area contributed by atoms with Crippen molar-refractivity contribution in [3.05, 3.63) is 65.2 Å². The van der Waals surface area contributed by atoms with Crippen LogP contribution in [0.3, 0.4) is 0 Å². The molecule has 0 fully saturated rings. The van der Waals surface area contributed by atoms with Crippen molar-refractivity contribution in [1.82, 2.24) is 5.32 Å². The number of amides is 1. The Labute approximate surface area is 148 Å². The van der Waals surface area contributed by atoms with Gasteiger partial charge in [0, 0.05) is 18.2 Å². The maximum absolute atomic E-state index is 12.4. The van der Waals surface area contributed by atoms with Gasteiger partial charge in [-0.15, -0.1) is 0 Å². The topological polar surface area (TPSA) is 66.5 Å². The molecule has 0 saturated carbocycles. The Hall–Kier alpha value is -2.34. The SMILES string of the molecule is C[C@H]1Cc2cc(C(=O)NCCc3ccccc3)ccc2N1S(C)(=O)=O. The Kier molecular flexibility index (Phi) is 4.81. The summed E-state index contributed by atoms with van der Waals surface area (Å²) >= 11 is 0. The van der Waals surface area contributed by atoms with Gasteiger partial charge < -0.3 is 5.32 Å². The largest absolute Gasteiger partial charge is 0.352 e. The minimum Gasteiger partial charge on any atom is -0.352 e. The predicted octanol–water partition coefficient (Wildman–Crippen LogP) is 2.37. The molecule has 25 heavy (non-hydrogen) atoms. The maximum Gasteiger partial charge on any atom is 0.251 e. The zero-order valence-electron chi connectivity index (χ0n) is 14.4. The first-order valence-electron chi connectivity index (χ1n) is 8.31. The van der Waals surface area contributed by atoms with E-state index in [1.165, 1.54) is 16.1 Å². The molecule has 132 valence electrons. The van der Waals surface area contributed by atoms with Crippen LogP contribution in [0.15, 0.2) is 48.5 Å². The van der Waals surface area contributed by atoms with Gasteiger partial charge in [-0.2, -0.15) is 0 Å². The number of anilines is 1. The van der Waals surface area contributed by atoms with Crippen LogP contribution in [0.1, 0.15) is 28.4 Å². The molecule has 0 aromatic heterocycles. The van der Waals surface area contributed by atoms with Crippen molar-refractivity contribution >= 4 is 21.6 Å². The fraction of sp³-hybridized carbons (Fsp3) is 0.316. The summed E-state index contributed by atoms with van der Waals surface area (Å²) in [5, 5.41) is 2.92. The summed E-state index contributed by atoms with van der Waals surface area (Å²) in [6.45, 7) is 2.44. The quantitative estimate of drug-likeness (QED) is 0.892. The number of nitrogens with zero attached hydrogens (tertiary/aromatic N) is 1. The van der Waals surface area contributed by atoms with Gasteiger partial charge in [-0.1, -0.05) is 30.3 Å². The lowest BCUT2D eigenvalue weighted by Gasteiger charge is -2.21. The molecular weight excluding hydrogens is 336 g/mol. The van der Waals surface area contributed by atoms with Crippen molar-refractivity contribution < 1.29 is 13.2 Å². The second kappa shape index (κ2) is 6.88. The molecular formula is C19H22N2O3S. The molecule has 1 N–H and O–H groups in total. The monoisotopic (exact) mass is 358 g/mol. The van der Waals surface area contributed by atoms with Gasteiger partial charge in [0.2, 0.25) is 10.0 Å². The summed E-state index contributed by atoms with van der Waals surface area (Å²) in [6.07, 6.45) is 2.60. The lowest BCUT2D eigenvalue weighted by atomic mass is 10.1. The van der Waals surface area contributed by atoms with Crippen LogP contribution in [0, 0.1) is 0 Å². The van der Waals surface area contributed by atoms with Gasteiger partial charge in [0.05, 0.1) is 11.9 Å². The number of benzene rings is 2. The van der Waals surface area contributed by atoms with Crippen LogP contribution in [0.4, 0.5) is 5.69 Å². The molecule has 6 heteroatoms. The molecule has 0 radical (unpaired) electrons. The third kappa shape index (κ3) is 3.85. The Morgan fingerprint density at radius 2 is 1.92 bits per heavy atom. The van der Waals surface area contributed by atoms with Crippen molar-refractivity contribution in [2.24, 2.45) is 0 Å². The molecule has 1 aliphatic heterocycles. The second-order valence-electron chi connectivity index (χ2n) is 6.45. The Morgan fingerprint density at radius 3 is 2.60 bits per heavy atom. The normalized spacial score (nSPS) is 16.6. The predicted molar refractivity (Wildman–Crippen MR) is 99.4 cm³/mol. The molecule has 0 unspecified atom stereocenters. The van der Waals surface area contributed by atoms with Gasteiger partial charge in [0.15, 0.2) is 0 Å². The van der Waals surface area contributed by atoms with E-state index in [1.54, 1.807) is 18.2 Å². The van der Waals surface area contributed by atoms with Gasteiger partial charge in [-0.25, -0.2) is 8.42 Å². The average Bonchev–Trinajstić information content (AvgIpc) is 2.90. The standard InChI is InChI=1S/C19H22N2O3S/c1-14-12-17-13-16(8-9-18(17)21(14)25(2,23)24)19(22)20-11-10-15-6-4-3-5-7-15/h3-9,13-14H,10-12H2,1-2H3,(H,20,22)/t14-/m0/s1. The number of sulfonamides is 1. The number of hydrogen-bond donors (Lipinski definition) is 1. The van der Waals surface area contributed by atoms with Crippen LogP contribution in [0.5, 0.6) is 0 Å². The second-order valence-corrected chi connectivity index (χ2v) is 8.31. The molecule has 1 atom stereocenters. The Morgan fingerprint density at radius 1 is 1.20 bits per heavy atom. The Balaban J connectivity index is 1.68. The highest BCUT2D eigenvalue weighted by Gasteiger charge is 2.32. The van der Waals surface area contributed by atoms with E-state index in [0.717, 1.165) is 12.0 Å². The van der Waals surface area contributed by atoms with E-state index in [9.17, 15) is 13.2 Å². The summed E-state index contributed by atoms with van der Waals surface area (Å²) < 4.78 is 25.3. The fourth-order valence-electron chi connectivity index (χ4n) is 3.32. The molecule has 0 bridgehead atoms. The molecule has 0 saturated heterocycles. The first kappa shape index (κ1) is 17.5. The van der Waals surface area contributed by atoms with Gasteiger partial charge in [-0.3, -0.25) is 9.10 Å². The van der Waals surface area contributed by atoms with E-state index in [0.29, 0.717) is 24.2 Å². The van der Waals surface area contributed by atoms with E-state index in [-0.39, 0.29) is 11.9 Å². The van der Waals surface area contributed by atoms with E-state index in [2.05, 4.69) is 5.32 Å². The van der Waals surface area contributed by atoms with E-state index in [4.69, 9.17) is 0 Å². The molecule has 5 nitrogen and oxygen atoms in total. The summed E-state index contributed by atoms with van der Waals surface area (Å²) in [5.74, 6) is -0.135. The smallest absolute Gasteiger partial charge is 0.251 e. The molecule has 2 aromatic rings. The zero-order chi connectivity index (χ0) is 18.0. The van der Waals surface area contributed by atoms with Crippen molar-refractivity contribution in [1.29, 1.82) is 0 Å². The van der Waals surface area contributed by atoms with Crippen LogP contribution in [-0.2, 0) is 22.9 Å². The number of hydrogen-bond acceptors (Lipinski definition) is 3. The van der Waals surface area contributed by atoms with Crippen LogP contribution in [0.2, 0.25) is 0 Å². The van der Waals surface area contributed by atoms with Gasteiger partial charge in [-0.05, 0) is 49.1 Å². The highest BCUT2D eigenvalue weighted by Crippen LogP contribution is 2.34. The zero-order valence-corrected chi connectivity index (χ0v) is 15.2. The number of rotatable bonds is 5. The van der Waals surface area contributed by atoms with E-state index < -0.39 is 10.0 Å². The molecule has 2 aromatic carbocycles. The molecule has 0 aliphatic carbocycles. The fourth-order valence-corrected chi connectivity index (χ4v) is 4.58. The number of carbonyl (C=O) groups is 1. The van der Waals surface area contributed by atoms with Gasteiger partial charge >= 0.3 is 0 Å². The minimum absolute atomic E-state index is 0.124. The first-order chi connectivity index (χ1) is 11.9. The molecule has 1 heterocycles. The lowest BCUT2D eigenvalue weighted by molar-refractivity contribution is 0.0954. The van der Waals surface area contributed by atoms with E-state index >= 15 is 0 Å². The highest BCUT2D eigenvalue weighted by atomic mass is 32.2. The summed E-state index contributed by atoms with van der Waals surface area (Å²) in [4.78, 5) is 12.4. The highest BCUT2D eigenvalue weighted by molar-refractivity contribution is 7.92. The molecule has 3 rings (SSSR count). The first-order valence-corrected chi connectivity index (χ1v) is 10.2. The van der Waals surface area contributed by atoms with Crippen molar-refractivity contribution in [3.8, 4) is 0 Å². The van der Waals surface area contributed by atoms with Crippen LogP contribution < -0.4 is 9.62 Å². The summed E-state index contributed by atoms with van der Waals surface area (Å²) in [6, 6.07) is 15.1. The van der Waals surface area contributed by atoms with Crippen LogP contribution in [-0.4, -0.2) is 33.2 Å². The van der Waals surface area contributed by atoms with Crippen molar-refractivity contribution in [2.75, 3.05) is 17.1 Å². The third-order valence-corrected chi connectivity index (χ3v) is 5.67. The number of fused-ring (bicyclic) bond motifs is 1. The summed E-state index contributed by atoms with van der Waals surface area (Å²) in [7, 11) is -3.31. The van der Waals surface area contributed by atoms with E-state index in [1.807, 2.05) is 37.3 Å². The van der Waals surface area contributed by atoms with Gasteiger partial charge in [0.1, 0.15) is 0 Å².